The molecule has 6 atom stereocenters. The van der Waals surface area contributed by atoms with Crippen molar-refractivity contribution >= 4 is 5.97 Å². The number of aliphatic hydroxyl groups is 4. The lowest BCUT2D eigenvalue weighted by Gasteiger charge is -2.45. The topological polar surface area (TPSA) is 110 Å². The van der Waals surface area contributed by atoms with Gasteiger partial charge < -0.3 is 25.2 Å². The molecule has 2 aliphatic rings. The minimum Gasteiger partial charge on any atom is -0.468 e. The number of hydrogen-bond donors (Lipinski definition) is 4. The maximum absolute atomic E-state index is 12.4. The first kappa shape index (κ1) is 21.0. The van der Waals surface area contributed by atoms with Crippen molar-refractivity contribution in [2.75, 3.05) is 7.11 Å². The fraction of sp³-hybridized carbons (Fsp3) is 0.435. The largest absolute Gasteiger partial charge is 0.468 e. The fourth-order valence-electron chi connectivity index (χ4n) is 4.82. The van der Waals surface area contributed by atoms with E-state index in [4.69, 9.17) is 4.74 Å². The van der Waals surface area contributed by atoms with Crippen molar-refractivity contribution in [3.63, 3.8) is 0 Å². The lowest BCUT2D eigenvalue weighted by atomic mass is 9.75. The Labute approximate surface area is 175 Å². The van der Waals surface area contributed by atoms with Crippen LogP contribution in [0.3, 0.4) is 0 Å². The highest BCUT2D eigenvalue weighted by Crippen LogP contribution is 2.44. The molecule has 2 fully saturated rings. The highest BCUT2D eigenvalue weighted by atomic mass is 16.5. The van der Waals surface area contributed by atoms with Gasteiger partial charge in [-0.15, -0.1) is 0 Å². The number of carbonyl (C=O) groups excluding carboxylic acids is 1. The Morgan fingerprint density at radius 1 is 1.07 bits per heavy atom. The number of hydrogen-bond acceptors (Lipinski definition) is 7. The number of esters is 1. The summed E-state index contributed by atoms with van der Waals surface area (Å²) in [6.07, 6.45) is -4.23. The Morgan fingerprint density at radius 2 is 1.70 bits per heavy atom. The number of aliphatic hydroxyl groups excluding tert-OH is 3. The van der Waals surface area contributed by atoms with E-state index in [-0.39, 0.29) is 12.8 Å². The highest BCUT2D eigenvalue weighted by molar-refractivity contribution is 5.76. The molecule has 0 unspecified atom stereocenters. The standard InChI is InChI=1S/C23H27NO6/c1-30-22(28)17-12-23(29)19(11-18(25)20(26)21(23)27)24(17)13-14-7-9-16(10-8-14)15-5-3-2-4-6-15/h2-10,17-21,25-27,29H,11-13H2,1H3/t17-,18+,19+,20-,21-,23-/m0/s1. The van der Waals surface area contributed by atoms with E-state index in [0.717, 1.165) is 16.7 Å². The molecule has 0 spiro atoms. The van der Waals surface area contributed by atoms with Gasteiger partial charge in [0, 0.05) is 19.0 Å². The van der Waals surface area contributed by atoms with Crippen LogP contribution in [0.15, 0.2) is 54.6 Å². The third-order valence-electron chi connectivity index (χ3n) is 6.49. The second kappa shape index (κ2) is 8.09. The number of rotatable bonds is 4. The van der Waals surface area contributed by atoms with Crippen molar-refractivity contribution < 1.29 is 30.0 Å². The molecule has 1 saturated heterocycles. The van der Waals surface area contributed by atoms with E-state index in [1.54, 1.807) is 4.90 Å². The molecule has 1 aliphatic carbocycles. The molecule has 0 bridgehead atoms. The molecular weight excluding hydrogens is 386 g/mol. The molecule has 0 amide bonds. The summed E-state index contributed by atoms with van der Waals surface area (Å²) >= 11 is 0. The SMILES string of the molecule is COC(=O)[C@@H]1C[C@@]2(O)[C@@H](O)[C@@H](O)[C@H](O)C[C@H]2N1Cc1ccc(-c2ccccc2)cc1. The second-order valence-electron chi connectivity index (χ2n) is 8.22. The Kier molecular flexibility index (Phi) is 5.65. The second-order valence-corrected chi connectivity index (χ2v) is 8.22. The van der Waals surface area contributed by atoms with Crippen LogP contribution in [0.25, 0.3) is 11.1 Å². The van der Waals surface area contributed by atoms with E-state index in [1.165, 1.54) is 7.11 Å². The molecule has 0 aromatic heterocycles. The molecule has 1 saturated carbocycles. The van der Waals surface area contributed by atoms with Gasteiger partial charge >= 0.3 is 5.97 Å². The van der Waals surface area contributed by atoms with Gasteiger partial charge in [-0.3, -0.25) is 9.69 Å². The Bertz CT molecular complexity index is 888. The van der Waals surface area contributed by atoms with Gasteiger partial charge in [-0.1, -0.05) is 54.6 Å². The quantitative estimate of drug-likeness (QED) is 0.546. The van der Waals surface area contributed by atoms with Crippen LogP contribution < -0.4 is 0 Å². The number of methoxy groups -OCH3 is 1. The first-order valence-corrected chi connectivity index (χ1v) is 10.1. The molecule has 4 rings (SSSR count). The van der Waals surface area contributed by atoms with Crippen molar-refractivity contribution in [2.24, 2.45) is 0 Å². The van der Waals surface area contributed by atoms with Crippen LogP contribution in [0.1, 0.15) is 18.4 Å². The molecular formula is C23H27NO6. The van der Waals surface area contributed by atoms with Crippen molar-refractivity contribution in [2.45, 2.75) is 55.4 Å². The Hall–Kier alpha value is -2.29. The molecule has 7 nitrogen and oxygen atoms in total. The van der Waals surface area contributed by atoms with Crippen molar-refractivity contribution in [3.8, 4) is 11.1 Å². The Morgan fingerprint density at radius 3 is 2.33 bits per heavy atom. The van der Waals surface area contributed by atoms with Gasteiger partial charge in [0.25, 0.3) is 0 Å². The first-order chi connectivity index (χ1) is 14.3. The summed E-state index contributed by atoms with van der Waals surface area (Å²) in [5.41, 5.74) is 1.37. The van der Waals surface area contributed by atoms with Gasteiger partial charge in [0.1, 0.15) is 23.9 Å². The third kappa shape index (κ3) is 3.53. The number of nitrogens with zero attached hydrogens (tertiary/aromatic N) is 1. The molecule has 2 aromatic rings. The minimum absolute atomic E-state index is 0.0460. The van der Waals surface area contributed by atoms with E-state index in [0.29, 0.717) is 6.54 Å². The summed E-state index contributed by atoms with van der Waals surface area (Å²) in [5, 5.41) is 41.8. The van der Waals surface area contributed by atoms with Crippen LogP contribution in [-0.2, 0) is 16.1 Å². The molecule has 2 aromatic carbocycles. The van der Waals surface area contributed by atoms with Crippen LogP contribution in [0, 0.1) is 0 Å². The van der Waals surface area contributed by atoms with Gasteiger partial charge in [-0.2, -0.15) is 0 Å². The maximum Gasteiger partial charge on any atom is 0.323 e. The zero-order chi connectivity index (χ0) is 21.5. The number of carbonyl (C=O) groups is 1. The normalized spacial score (nSPS) is 33.8. The van der Waals surface area contributed by atoms with Crippen molar-refractivity contribution in [3.05, 3.63) is 60.2 Å². The van der Waals surface area contributed by atoms with E-state index in [9.17, 15) is 25.2 Å². The summed E-state index contributed by atoms with van der Waals surface area (Å²) in [4.78, 5) is 14.2. The lowest BCUT2D eigenvalue weighted by molar-refractivity contribution is -0.197. The Balaban J connectivity index is 1.61. The predicted octanol–water partition coefficient (Wildman–Crippen LogP) is 0.687. The number of fused-ring (bicyclic) bond motifs is 1. The zero-order valence-electron chi connectivity index (χ0n) is 16.8. The lowest BCUT2D eigenvalue weighted by Crippen LogP contribution is -2.64. The first-order valence-electron chi connectivity index (χ1n) is 10.1. The minimum atomic E-state index is -1.71. The van der Waals surface area contributed by atoms with Crippen molar-refractivity contribution in [1.29, 1.82) is 0 Å². The van der Waals surface area contributed by atoms with Crippen LogP contribution in [0.5, 0.6) is 0 Å². The number of likely N-dealkylation sites (tertiary alicyclic amines) is 1. The van der Waals surface area contributed by atoms with Crippen LogP contribution in [0.2, 0.25) is 0 Å². The van der Waals surface area contributed by atoms with Gasteiger partial charge in [-0.25, -0.2) is 0 Å². The zero-order valence-corrected chi connectivity index (χ0v) is 16.8. The van der Waals surface area contributed by atoms with E-state index in [2.05, 4.69) is 0 Å². The van der Waals surface area contributed by atoms with Gasteiger partial charge in [0.05, 0.1) is 13.2 Å². The molecule has 160 valence electrons. The maximum atomic E-state index is 12.4. The monoisotopic (exact) mass is 413 g/mol. The fourth-order valence-corrected chi connectivity index (χ4v) is 4.82. The van der Waals surface area contributed by atoms with Crippen LogP contribution in [0.4, 0.5) is 0 Å². The molecule has 7 heteroatoms. The summed E-state index contributed by atoms with van der Waals surface area (Å²) in [7, 11) is 1.28. The molecule has 1 aliphatic heterocycles. The molecule has 30 heavy (non-hydrogen) atoms. The smallest absolute Gasteiger partial charge is 0.323 e. The van der Waals surface area contributed by atoms with Crippen molar-refractivity contribution in [1.82, 2.24) is 4.90 Å². The van der Waals surface area contributed by atoms with Gasteiger partial charge in [-0.05, 0) is 23.1 Å². The van der Waals surface area contributed by atoms with E-state index in [1.807, 2.05) is 54.6 Å². The average molecular weight is 413 g/mol. The van der Waals surface area contributed by atoms with Gasteiger partial charge in [0.15, 0.2) is 0 Å². The third-order valence-corrected chi connectivity index (χ3v) is 6.49. The summed E-state index contributed by atoms with van der Waals surface area (Å²) in [5.74, 6) is -0.519. The summed E-state index contributed by atoms with van der Waals surface area (Å²) < 4.78 is 4.92. The van der Waals surface area contributed by atoms with Crippen LogP contribution >= 0.6 is 0 Å². The van der Waals surface area contributed by atoms with E-state index < -0.39 is 42.0 Å². The number of benzene rings is 2. The highest BCUT2D eigenvalue weighted by Gasteiger charge is 2.62. The molecule has 4 N–H and O–H groups in total. The average Bonchev–Trinajstić information content (AvgIpc) is 3.05. The molecule has 0 radical (unpaired) electrons. The van der Waals surface area contributed by atoms with Crippen LogP contribution in [-0.4, -0.2) is 74.4 Å². The number of ether oxygens (including phenoxy) is 1. The van der Waals surface area contributed by atoms with Gasteiger partial charge in [0.2, 0.25) is 0 Å². The summed E-state index contributed by atoms with van der Waals surface area (Å²) in [6, 6.07) is 16.4. The van der Waals surface area contributed by atoms with E-state index >= 15 is 0 Å². The molecule has 1 heterocycles. The summed E-state index contributed by atoms with van der Waals surface area (Å²) in [6.45, 7) is 0.331. The predicted molar refractivity (Wildman–Crippen MR) is 109 cm³/mol.